The Hall–Kier alpha value is -1.51. The first-order valence-electron chi connectivity index (χ1n) is 6.29. The molecule has 0 radical (unpaired) electrons. The van der Waals surface area contributed by atoms with Gasteiger partial charge in [0, 0.05) is 0 Å². The third-order valence-electron chi connectivity index (χ3n) is 2.98. The van der Waals surface area contributed by atoms with Crippen LogP contribution >= 0.6 is 11.6 Å². The monoisotopic (exact) mass is 260 g/mol. The van der Waals surface area contributed by atoms with E-state index in [4.69, 9.17) is 16.9 Å². The van der Waals surface area contributed by atoms with Gasteiger partial charge in [-0.1, -0.05) is 38.3 Å². The van der Waals surface area contributed by atoms with Crippen LogP contribution in [0.3, 0.4) is 0 Å². The van der Waals surface area contributed by atoms with Crippen LogP contribution in [0.25, 0.3) is 0 Å². The molecule has 1 aromatic carbocycles. The number of hydrogen-bond donors (Lipinski definition) is 0. The quantitative estimate of drug-likeness (QED) is 0.797. The molecule has 0 aromatic heterocycles. The Morgan fingerprint density at radius 1 is 1.11 bits per heavy atom. The zero-order chi connectivity index (χ0) is 13.5. The fourth-order valence-corrected chi connectivity index (χ4v) is 2.53. The van der Waals surface area contributed by atoms with E-state index in [1.165, 1.54) is 0 Å². The van der Waals surface area contributed by atoms with Crippen molar-refractivity contribution >= 4 is 11.6 Å². The van der Waals surface area contributed by atoms with Crippen LogP contribution in [0.4, 0.5) is 0 Å². The Balaban J connectivity index is 3.48. The van der Waals surface area contributed by atoms with Crippen molar-refractivity contribution in [3.8, 4) is 12.1 Å². The van der Waals surface area contributed by atoms with E-state index < -0.39 is 0 Å². The fourth-order valence-electron chi connectivity index (χ4n) is 2.24. The number of halogens is 1. The first kappa shape index (κ1) is 14.6. The Morgan fingerprint density at radius 2 is 1.78 bits per heavy atom. The van der Waals surface area contributed by atoms with Gasteiger partial charge in [-0.25, -0.2) is 0 Å². The predicted molar refractivity (Wildman–Crippen MR) is 73.5 cm³/mol. The van der Waals surface area contributed by atoms with E-state index in [0.29, 0.717) is 17.0 Å². The minimum absolute atomic E-state index is 0.358. The lowest BCUT2D eigenvalue weighted by Gasteiger charge is -2.15. The van der Waals surface area contributed by atoms with Crippen LogP contribution in [0.1, 0.15) is 48.9 Å². The maximum atomic E-state index is 9.22. The van der Waals surface area contributed by atoms with E-state index >= 15 is 0 Å². The summed E-state index contributed by atoms with van der Waals surface area (Å²) in [4.78, 5) is 0. The molecule has 1 rings (SSSR count). The second kappa shape index (κ2) is 7.04. The molecule has 18 heavy (non-hydrogen) atoms. The Morgan fingerprint density at radius 3 is 2.28 bits per heavy atom. The van der Waals surface area contributed by atoms with Crippen molar-refractivity contribution in [1.82, 2.24) is 0 Å². The Bertz CT molecular complexity index is 507. The molecule has 0 amide bonds. The molecule has 0 N–H and O–H groups in total. The summed E-state index contributed by atoms with van der Waals surface area (Å²) in [6.45, 7) is 4.17. The molecule has 0 unspecified atom stereocenters. The highest BCUT2D eigenvalue weighted by Gasteiger charge is 2.16. The topological polar surface area (TPSA) is 47.6 Å². The highest BCUT2D eigenvalue weighted by Crippen LogP contribution is 2.29. The van der Waals surface area contributed by atoms with Gasteiger partial charge in [0.25, 0.3) is 0 Å². The lowest BCUT2D eigenvalue weighted by atomic mass is 9.90. The predicted octanol–water partition coefficient (Wildman–Crippen LogP) is 4.18. The van der Waals surface area contributed by atoms with Gasteiger partial charge in [0.1, 0.15) is 6.07 Å². The van der Waals surface area contributed by atoms with Gasteiger partial charge in [-0.15, -0.1) is 0 Å². The number of hydrogen-bond acceptors (Lipinski definition) is 2. The summed E-state index contributed by atoms with van der Waals surface area (Å²) in [5.74, 6) is 0. The van der Waals surface area contributed by atoms with Crippen LogP contribution in [-0.2, 0) is 19.3 Å². The molecule has 0 fully saturated rings. The van der Waals surface area contributed by atoms with E-state index in [1.54, 1.807) is 0 Å². The van der Waals surface area contributed by atoms with Crippen molar-refractivity contribution in [3.05, 3.63) is 33.3 Å². The molecular weight excluding hydrogens is 244 g/mol. The molecule has 0 heterocycles. The zero-order valence-corrected chi connectivity index (χ0v) is 11.6. The van der Waals surface area contributed by atoms with E-state index in [0.717, 1.165) is 42.4 Å². The normalized spacial score (nSPS) is 9.83. The summed E-state index contributed by atoms with van der Waals surface area (Å²) >= 11 is 6.17. The average Bonchev–Trinajstić information content (AvgIpc) is 2.34. The van der Waals surface area contributed by atoms with Gasteiger partial charge in [-0.05, 0) is 35.6 Å². The number of rotatable bonds is 5. The van der Waals surface area contributed by atoms with Gasteiger partial charge in [0.2, 0.25) is 0 Å². The molecule has 0 atom stereocenters. The molecule has 0 saturated heterocycles. The van der Waals surface area contributed by atoms with Crippen molar-refractivity contribution in [3.63, 3.8) is 0 Å². The molecule has 0 saturated carbocycles. The Labute approximate surface area is 114 Å². The first-order valence-corrected chi connectivity index (χ1v) is 6.67. The second-order valence-electron chi connectivity index (χ2n) is 4.30. The summed E-state index contributed by atoms with van der Waals surface area (Å²) in [6.07, 6.45) is 4.01. The summed E-state index contributed by atoms with van der Waals surface area (Å²) in [6, 6.07) is 6.23. The SMILES string of the molecule is CCCc1cc(Cl)c(C#N)c(CCC)c1CC#N. The van der Waals surface area contributed by atoms with E-state index in [2.05, 4.69) is 26.0 Å². The number of nitriles is 2. The first-order chi connectivity index (χ1) is 8.69. The van der Waals surface area contributed by atoms with Gasteiger partial charge < -0.3 is 0 Å². The molecule has 3 heteroatoms. The summed E-state index contributed by atoms with van der Waals surface area (Å²) in [7, 11) is 0. The van der Waals surface area contributed by atoms with Gasteiger partial charge >= 0.3 is 0 Å². The standard InChI is InChI=1S/C15H17ClN2/c1-3-5-11-9-15(16)14(10-18)13(6-4-2)12(11)7-8-17/h9H,3-7H2,1-2H3. The van der Waals surface area contributed by atoms with E-state index in [-0.39, 0.29) is 0 Å². The van der Waals surface area contributed by atoms with Gasteiger partial charge in [-0.3, -0.25) is 0 Å². The van der Waals surface area contributed by atoms with Crippen LogP contribution in [-0.4, -0.2) is 0 Å². The van der Waals surface area contributed by atoms with E-state index in [1.807, 2.05) is 6.07 Å². The highest BCUT2D eigenvalue weighted by atomic mass is 35.5. The summed E-state index contributed by atoms with van der Waals surface area (Å²) < 4.78 is 0. The minimum atomic E-state index is 0.358. The van der Waals surface area contributed by atoms with Crippen LogP contribution in [0.2, 0.25) is 5.02 Å². The third-order valence-corrected chi connectivity index (χ3v) is 3.28. The fraction of sp³-hybridized carbons (Fsp3) is 0.467. The maximum Gasteiger partial charge on any atom is 0.101 e. The number of benzene rings is 1. The van der Waals surface area contributed by atoms with Gasteiger partial charge in [0.15, 0.2) is 0 Å². The summed E-state index contributed by atoms with van der Waals surface area (Å²) in [5, 5.41) is 18.7. The van der Waals surface area contributed by atoms with Crippen LogP contribution in [0, 0.1) is 22.7 Å². The molecular formula is C15H17ClN2. The van der Waals surface area contributed by atoms with Crippen LogP contribution in [0.5, 0.6) is 0 Å². The van der Waals surface area contributed by atoms with Crippen molar-refractivity contribution in [2.45, 2.75) is 46.0 Å². The highest BCUT2D eigenvalue weighted by molar-refractivity contribution is 6.32. The van der Waals surface area contributed by atoms with E-state index in [9.17, 15) is 5.26 Å². The molecule has 0 aliphatic carbocycles. The van der Waals surface area contributed by atoms with Gasteiger partial charge in [0.05, 0.1) is 23.1 Å². The van der Waals surface area contributed by atoms with Crippen LogP contribution < -0.4 is 0 Å². The molecule has 0 aliphatic heterocycles. The minimum Gasteiger partial charge on any atom is -0.198 e. The number of aryl methyl sites for hydroxylation is 1. The van der Waals surface area contributed by atoms with Crippen molar-refractivity contribution in [1.29, 1.82) is 10.5 Å². The molecule has 0 spiro atoms. The lowest BCUT2D eigenvalue weighted by Crippen LogP contribution is -2.04. The largest absolute Gasteiger partial charge is 0.198 e. The van der Waals surface area contributed by atoms with Crippen molar-refractivity contribution < 1.29 is 0 Å². The second-order valence-corrected chi connectivity index (χ2v) is 4.70. The third kappa shape index (κ3) is 3.03. The number of nitrogens with zero attached hydrogens (tertiary/aromatic N) is 2. The van der Waals surface area contributed by atoms with Crippen molar-refractivity contribution in [2.24, 2.45) is 0 Å². The smallest absolute Gasteiger partial charge is 0.101 e. The van der Waals surface area contributed by atoms with Crippen LogP contribution in [0.15, 0.2) is 6.07 Å². The van der Waals surface area contributed by atoms with Crippen molar-refractivity contribution in [2.75, 3.05) is 0 Å². The van der Waals surface area contributed by atoms with Gasteiger partial charge in [-0.2, -0.15) is 10.5 Å². The molecule has 94 valence electrons. The molecule has 1 aromatic rings. The lowest BCUT2D eigenvalue weighted by molar-refractivity contribution is 0.868. The zero-order valence-electron chi connectivity index (χ0n) is 10.9. The summed E-state index contributed by atoms with van der Waals surface area (Å²) in [5.41, 5.74) is 3.65. The maximum absolute atomic E-state index is 9.22. The molecule has 2 nitrogen and oxygen atoms in total. The molecule has 0 bridgehead atoms. The Kier molecular flexibility index (Phi) is 5.69. The average molecular weight is 261 g/mol. The molecule has 0 aliphatic rings.